The van der Waals surface area contributed by atoms with Crippen molar-refractivity contribution in [2.24, 2.45) is 11.3 Å². The van der Waals surface area contributed by atoms with Gasteiger partial charge < -0.3 is 33.6 Å². The molecule has 3 aromatic carbocycles. The molecule has 5 saturated heterocycles. The lowest BCUT2D eigenvalue weighted by Gasteiger charge is -2.46. The molecule has 6 aliphatic rings. The molecule has 11 rings (SSSR count). The smallest absolute Gasteiger partial charge is 0.410 e. The van der Waals surface area contributed by atoms with E-state index >= 15 is 8.78 Å². The highest BCUT2D eigenvalue weighted by Crippen LogP contribution is 2.48. The lowest BCUT2D eigenvalue weighted by molar-refractivity contribution is -0.120. The summed E-state index contributed by atoms with van der Waals surface area (Å²) in [5.41, 5.74) is 5.51. The summed E-state index contributed by atoms with van der Waals surface area (Å²) in [5, 5.41) is 4.08. The number of fused-ring (bicyclic) bond motifs is 4. The normalized spacial score (nSPS) is 20.2. The Morgan fingerprint density at radius 2 is 1.50 bits per heavy atom. The number of carbonyl (C=O) groups excluding carboxylic acids is 4. The van der Waals surface area contributed by atoms with Gasteiger partial charge in [0.15, 0.2) is 12.6 Å². The first-order valence-corrected chi connectivity index (χ1v) is 35.9. The number of hydrogen-bond acceptors (Lipinski definition) is 14. The Morgan fingerprint density at radius 3 is 2.14 bits per heavy atom. The fraction of sp³-hybridized carbons (Fsp3) is 0.586. The number of likely N-dealkylation sites (tertiary alicyclic amines) is 1. The highest BCUT2D eigenvalue weighted by Gasteiger charge is 2.46. The van der Waals surface area contributed by atoms with Crippen LogP contribution in [0, 0.1) is 34.4 Å². The van der Waals surface area contributed by atoms with E-state index in [4.69, 9.17) is 45.5 Å². The summed E-state index contributed by atoms with van der Waals surface area (Å²) >= 11 is 6.49. The molecule has 1 aliphatic carbocycles. The quantitative estimate of drug-likeness (QED) is 0.0529. The monoisotopic (exact) mass is 1300 g/mol. The number of nitrogens with zero attached hydrogens (tertiary/aromatic N) is 9. The van der Waals surface area contributed by atoms with Gasteiger partial charge in [0.2, 0.25) is 5.91 Å². The third-order valence-corrected chi connectivity index (χ3v) is 27.3. The van der Waals surface area contributed by atoms with Crippen molar-refractivity contribution >= 4 is 76.8 Å². The molecule has 2 bridgehead atoms. The number of amides is 5. The number of nitrogens with one attached hydrogen (secondary N) is 1. The number of ether oxygens (including phenoxy) is 4. The fourth-order valence-corrected chi connectivity index (χ4v) is 21.1. The van der Waals surface area contributed by atoms with Crippen molar-refractivity contribution in [1.29, 1.82) is 0 Å². The van der Waals surface area contributed by atoms with Crippen LogP contribution in [0.5, 0.6) is 11.8 Å². The predicted molar refractivity (Wildman–Crippen MR) is 357 cm³/mol. The molecule has 2 aromatic heterocycles. The van der Waals surface area contributed by atoms with Crippen molar-refractivity contribution in [2.75, 3.05) is 102 Å². The molecule has 5 aliphatic heterocycles. The number of urea groups is 1. The van der Waals surface area contributed by atoms with Gasteiger partial charge in [-0.1, -0.05) is 65.1 Å². The molecule has 1 spiro atoms. The first kappa shape index (κ1) is 66.7. The predicted octanol–water partition coefficient (Wildman–Crippen LogP) is 12.9. The number of rotatable bonds is 17. The fourth-order valence-electron chi connectivity index (χ4n) is 15.7. The van der Waals surface area contributed by atoms with Crippen LogP contribution in [0.4, 0.5) is 29.9 Å². The molecule has 7 heterocycles. The number of halogens is 3. The van der Waals surface area contributed by atoms with Crippen molar-refractivity contribution in [1.82, 2.24) is 39.9 Å². The Balaban J connectivity index is 0.762. The van der Waals surface area contributed by atoms with Gasteiger partial charge in [-0.15, -0.1) is 5.54 Å². The van der Waals surface area contributed by atoms with Gasteiger partial charge in [-0.3, -0.25) is 34.6 Å². The zero-order valence-electron chi connectivity index (χ0n) is 55.3. The molecular weight excluding hydrogens is 1210 g/mol. The lowest BCUT2D eigenvalue weighted by atomic mass is 9.65. The number of benzene rings is 3. The third-order valence-electron chi connectivity index (χ3n) is 20.7. The van der Waals surface area contributed by atoms with Gasteiger partial charge in [0.1, 0.15) is 48.9 Å². The summed E-state index contributed by atoms with van der Waals surface area (Å²) in [6, 6.07) is 10.7. The maximum absolute atomic E-state index is 18.2. The third kappa shape index (κ3) is 14.1. The van der Waals surface area contributed by atoms with Crippen molar-refractivity contribution < 1.29 is 46.9 Å². The van der Waals surface area contributed by atoms with E-state index in [1.807, 2.05) is 30.6 Å². The van der Waals surface area contributed by atoms with Crippen molar-refractivity contribution in [3.8, 4) is 34.5 Å². The van der Waals surface area contributed by atoms with Crippen LogP contribution in [0.2, 0.25) is 21.6 Å². The maximum atomic E-state index is 18.2. The van der Waals surface area contributed by atoms with Crippen LogP contribution >= 0.6 is 11.6 Å². The summed E-state index contributed by atoms with van der Waals surface area (Å²) in [5.74, 6) is 3.24. The van der Waals surface area contributed by atoms with Crippen LogP contribution < -0.4 is 24.6 Å². The zero-order valence-corrected chi connectivity index (χ0v) is 57.0. The van der Waals surface area contributed by atoms with Crippen molar-refractivity contribution in [3.05, 3.63) is 76.4 Å². The van der Waals surface area contributed by atoms with Gasteiger partial charge in [0, 0.05) is 102 Å². The number of imide groups is 1. The van der Waals surface area contributed by atoms with Crippen LogP contribution in [0.1, 0.15) is 142 Å². The number of hydrogen-bond donors (Lipinski definition) is 1. The van der Waals surface area contributed by atoms with Crippen molar-refractivity contribution in [3.63, 3.8) is 0 Å². The largest absolute Gasteiger partial charge is 0.468 e. The number of pyridine rings is 1. The lowest BCUT2D eigenvalue weighted by Crippen LogP contribution is -2.57. The highest BCUT2D eigenvalue weighted by molar-refractivity contribution is 6.90. The summed E-state index contributed by atoms with van der Waals surface area (Å²) in [4.78, 5) is 78.7. The summed E-state index contributed by atoms with van der Waals surface area (Å²) in [7, 11) is -0.833. The van der Waals surface area contributed by atoms with Gasteiger partial charge in [0.05, 0.1) is 33.7 Å². The van der Waals surface area contributed by atoms with E-state index in [2.05, 4.69) is 73.0 Å². The van der Waals surface area contributed by atoms with Gasteiger partial charge in [-0.25, -0.2) is 18.4 Å². The molecule has 2 atom stereocenters. The molecule has 494 valence electrons. The number of anilines is 2. The van der Waals surface area contributed by atoms with E-state index in [0.29, 0.717) is 105 Å². The number of carbonyl (C=O) groups is 4. The maximum Gasteiger partial charge on any atom is 0.410 e. The van der Waals surface area contributed by atoms with E-state index in [9.17, 15) is 19.2 Å². The summed E-state index contributed by atoms with van der Waals surface area (Å²) in [6.45, 7) is 26.8. The number of methoxy groups -OCH3 is 1. The molecule has 6 fully saturated rings. The van der Waals surface area contributed by atoms with Gasteiger partial charge in [-0.2, -0.15) is 9.97 Å². The first-order valence-electron chi connectivity index (χ1n) is 33.3. The minimum absolute atomic E-state index is 0.000406. The average molecular weight is 1300 g/mol. The topological polar surface area (TPSA) is 175 Å². The molecule has 1 N–H and O–H groups in total. The Bertz CT molecular complexity index is 3610. The Morgan fingerprint density at radius 1 is 0.826 bits per heavy atom. The average Bonchev–Trinajstić information content (AvgIpc) is 0.933. The van der Waals surface area contributed by atoms with E-state index in [0.717, 1.165) is 64.8 Å². The summed E-state index contributed by atoms with van der Waals surface area (Å²) in [6.07, 6.45) is 10.8. The van der Waals surface area contributed by atoms with E-state index < -0.39 is 31.3 Å². The second-order valence-corrected chi connectivity index (χ2v) is 34.3. The molecule has 18 nitrogen and oxygen atoms in total. The molecule has 5 amide bonds. The molecule has 0 radical (unpaired) electrons. The van der Waals surface area contributed by atoms with Crippen LogP contribution in [0.15, 0.2) is 48.7 Å². The zero-order chi connectivity index (χ0) is 65.4. The summed E-state index contributed by atoms with van der Waals surface area (Å²) < 4.78 is 58.4. The minimum Gasteiger partial charge on any atom is -0.468 e. The second kappa shape index (κ2) is 27.7. The van der Waals surface area contributed by atoms with Gasteiger partial charge in [-0.05, 0) is 155 Å². The van der Waals surface area contributed by atoms with Gasteiger partial charge >= 0.3 is 18.1 Å². The van der Waals surface area contributed by atoms with Crippen LogP contribution in [0.3, 0.4) is 0 Å². The molecule has 92 heavy (non-hydrogen) atoms. The van der Waals surface area contributed by atoms with E-state index in [-0.39, 0.29) is 84.6 Å². The van der Waals surface area contributed by atoms with E-state index in [1.165, 1.54) is 43.8 Å². The second-order valence-electron chi connectivity index (χ2n) is 28.4. The Kier molecular flexibility index (Phi) is 20.1. The minimum atomic E-state index is -2.35. The van der Waals surface area contributed by atoms with Crippen LogP contribution in [-0.4, -0.2) is 177 Å². The standard InChI is InChI=1S/C70H91ClF2N10O8Si/c1-44(2)92(45(3)4,46(5)6)36-21-53-57(72)16-12-48-37-52(90-43-88-10)39-54(60(48)53)62-61(73)63-55(40-74-62)64(81-41-50-13-14-51(42-81)83(50)68(87)91-69(7,8)9)77-66(76-63)89-35-34-79-32-30-78(31-33-79)26-19-47-17-22-70(23-18-47)24-28-80(29-25-70)65(85)49-11-15-56(71)58(38-49)82-27-20-59(84)75-67(82)86/h11-12,15-16,37-40,44-47,50-51H,13-14,17-20,22-35,41-43H2,1-10H3,(H,75,84,86). The van der Waals surface area contributed by atoms with Crippen LogP contribution in [-0.2, 0) is 14.3 Å². The molecule has 2 unspecified atom stereocenters. The highest BCUT2D eigenvalue weighted by atomic mass is 35.5. The number of aromatic nitrogens is 3. The van der Waals surface area contributed by atoms with Gasteiger partial charge in [0.25, 0.3) is 5.91 Å². The molecule has 22 heteroatoms. The number of piperazine rings is 2. The molecule has 5 aromatic rings. The van der Waals surface area contributed by atoms with Crippen LogP contribution in [0.25, 0.3) is 32.9 Å². The SMILES string of the molecule is COCOc1cc(-c2ncc3c(N4CC5CCC(C4)N5C(=O)OC(C)(C)C)nc(OCCN4CCN(CCC5CCC6(CC5)CCN(C(=O)c5ccc(Cl)c(N7CCC(=O)NC7=O)c5)CC6)CC4)nc3c2F)c2c(C#C[Si](C(C)C)(C(C)C)C(C)C)c(F)ccc2c1. The van der Waals surface area contributed by atoms with E-state index in [1.54, 1.807) is 42.6 Å². The Hall–Kier alpha value is -6.70. The molecule has 1 saturated carbocycles. The Labute approximate surface area is 546 Å². The number of piperidine rings is 1. The van der Waals surface area contributed by atoms with Crippen molar-refractivity contribution in [2.45, 2.75) is 161 Å². The molecular formula is C70H91ClF2N10O8Si. The first-order chi connectivity index (χ1) is 43.9.